The molecule has 1 atom stereocenters. The van der Waals surface area contributed by atoms with Gasteiger partial charge in [-0.1, -0.05) is 42.5 Å². The van der Waals surface area contributed by atoms with Gasteiger partial charge in [0.15, 0.2) is 6.61 Å². The molecule has 12 heteroatoms. The van der Waals surface area contributed by atoms with E-state index in [4.69, 9.17) is 4.74 Å². The number of hydrogen-bond donors (Lipinski definition) is 1. The SMILES string of the molecule is O=C(COC(=O)C[C@H]1c2ccccc2CCN1S(=O)(=O)c1ccccc1)Nc1ccc(F)c([N+](=O)[O-])c1. The van der Waals surface area contributed by atoms with E-state index in [0.717, 1.165) is 23.8 Å². The van der Waals surface area contributed by atoms with Gasteiger partial charge in [0.05, 0.1) is 22.3 Å². The van der Waals surface area contributed by atoms with Crippen LogP contribution in [0.2, 0.25) is 0 Å². The first-order valence-corrected chi connectivity index (χ1v) is 12.6. The van der Waals surface area contributed by atoms with Crippen LogP contribution >= 0.6 is 0 Å². The van der Waals surface area contributed by atoms with E-state index in [-0.39, 0.29) is 23.5 Å². The number of sulfonamides is 1. The fraction of sp³-hybridized carbons (Fsp3) is 0.200. The van der Waals surface area contributed by atoms with Gasteiger partial charge in [0.1, 0.15) is 0 Å². The summed E-state index contributed by atoms with van der Waals surface area (Å²) in [5, 5.41) is 13.2. The number of anilines is 1. The number of nitrogens with zero attached hydrogens (tertiary/aromatic N) is 2. The molecule has 0 saturated carbocycles. The molecular formula is C25H22FN3O7S. The number of hydrogen-bond acceptors (Lipinski definition) is 7. The number of nitro groups is 1. The van der Waals surface area contributed by atoms with E-state index in [9.17, 15) is 32.5 Å². The van der Waals surface area contributed by atoms with Crippen LogP contribution in [0.4, 0.5) is 15.8 Å². The highest BCUT2D eigenvalue weighted by molar-refractivity contribution is 7.89. The Labute approximate surface area is 211 Å². The summed E-state index contributed by atoms with van der Waals surface area (Å²) in [6.07, 6.45) is 0.137. The van der Waals surface area contributed by atoms with E-state index in [0.29, 0.717) is 12.0 Å². The van der Waals surface area contributed by atoms with E-state index >= 15 is 0 Å². The van der Waals surface area contributed by atoms with E-state index in [2.05, 4.69) is 5.32 Å². The summed E-state index contributed by atoms with van der Waals surface area (Å²) in [6.45, 7) is -0.556. The molecule has 1 aliphatic rings. The van der Waals surface area contributed by atoms with Crippen molar-refractivity contribution in [2.75, 3.05) is 18.5 Å². The van der Waals surface area contributed by atoms with Crippen molar-refractivity contribution in [3.8, 4) is 0 Å². The number of rotatable bonds is 8. The number of halogens is 1. The summed E-state index contributed by atoms with van der Waals surface area (Å²) < 4.78 is 46.6. The first kappa shape index (κ1) is 25.9. The summed E-state index contributed by atoms with van der Waals surface area (Å²) in [5.41, 5.74) is 0.727. The van der Waals surface area contributed by atoms with Gasteiger partial charge in [0.25, 0.3) is 5.91 Å². The van der Waals surface area contributed by atoms with Gasteiger partial charge in [-0.2, -0.15) is 8.70 Å². The molecule has 192 valence electrons. The molecule has 3 aromatic carbocycles. The van der Waals surface area contributed by atoms with E-state index < -0.39 is 51.0 Å². The maximum Gasteiger partial charge on any atom is 0.308 e. The number of carbonyl (C=O) groups is 2. The molecule has 3 aromatic rings. The van der Waals surface area contributed by atoms with E-state index in [1.165, 1.54) is 16.4 Å². The number of ether oxygens (including phenoxy) is 1. The fourth-order valence-corrected chi connectivity index (χ4v) is 5.77. The highest BCUT2D eigenvalue weighted by Gasteiger charge is 2.37. The number of esters is 1. The topological polar surface area (TPSA) is 136 Å². The number of benzene rings is 3. The normalized spacial score (nSPS) is 15.4. The van der Waals surface area contributed by atoms with Gasteiger partial charge < -0.3 is 10.1 Å². The maximum atomic E-state index is 13.5. The van der Waals surface area contributed by atoms with E-state index in [1.54, 1.807) is 30.3 Å². The molecule has 0 unspecified atom stereocenters. The standard InChI is InChI=1S/C25H22FN3O7S/c26-21-11-10-18(14-23(21)29(32)33)27-24(30)16-36-25(31)15-22-20-9-5-4-6-17(20)12-13-28(22)37(34,35)19-7-2-1-3-8-19/h1-11,14,22H,12-13,15-16H2,(H,27,30)/t22-/m0/s1. The molecule has 1 aliphatic heterocycles. The van der Waals surface area contributed by atoms with Crippen molar-refractivity contribution in [1.82, 2.24) is 4.31 Å². The highest BCUT2D eigenvalue weighted by atomic mass is 32.2. The molecule has 0 fully saturated rings. The molecule has 1 N–H and O–H groups in total. The fourth-order valence-electron chi connectivity index (χ4n) is 4.15. The predicted octanol–water partition coefficient (Wildman–Crippen LogP) is 3.59. The molecule has 0 aromatic heterocycles. The molecule has 1 heterocycles. The Balaban J connectivity index is 1.47. The van der Waals surface area contributed by atoms with E-state index in [1.807, 2.05) is 12.1 Å². The molecular weight excluding hydrogens is 505 g/mol. The Kier molecular flexibility index (Phi) is 7.60. The second-order valence-corrected chi connectivity index (χ2v) is 10.1. The van der Waals surface area contributed by atoms with Crippen LogP contribution < -0.4 is 5.32 Å². The van der Waals surface area contributed by atoms with Crippen LogP contribution in [0, 0.1) is 15.9 Å². The van der Waals surface area contributed by atoms with Crippen LogP contribution in [0.15, 0.2) is 77.7 Å². The first-order chi connectivity index (χ1) is 17.7. The third-order valence-corrected chi connectivity index (χ3v) is 7.79. The lowest BCUT2D eigenvalue weighted by Gasteiger charge is -2.36. The summed E-state index contributed by atoms with van der Waals surface area (Å²) in [7, 11) is -3.93. The van der Waals surface area contributed by atoms with Gasteiger partial charge >= 0.3 is 11.7 Å². The first-order valence-electron chi connectivity index (χ1n) is 11.2. The highest BCUT2D eigenvalue weighted by Crippen LogP contribution is 2.36. The molecule has 0 aliphatic carbocycles. The van der Waals surface area contributed by atoms with Gasteiger partial charge in [0, 0.05) is 18.3 Å². The van der Waals surface area contributed by atoms with Crippen molar-refractivity contribution >= 4 is 33.3 Å². The van der Waals surface area contributed by atoms with Gasteiger partial charge in [-0.3, -0.25) is 19.7 Å². The van der Waals surface area contributed by atoms with Crippen LogP contribution in [-0.4, -0.2) is 42.7 Å². The third-order valence-electron chi connectivity index (χ3n) is 5.86. The van der Waals surface area contributed by atoms with Crippen LogP contribution in [-0.2, 0) is 30.8 Å². The Morgan fingerprint density at radius 1 is 1.08 bits per heavy atom. The van der Waals surface area contributed by atoms with Crippen molar-refractivity contribution in [2.24, 2.45) is 0 Å². The average molecular weight is 528 g/mol. The summed E-state index contributed by atoms with van der Waals surface area (Å²) in [5.74, 6) is -2.67. The monoisotopic (exact) mass is 527 g/mol. The maximum absolute atomic E-state index is 13.5. The minimum Gasteiger partial charge on any atom is -0.456 e. The number of carbonyl (C=O) groups excluding carboxylic acids is 2. The molecule has 37 heavy (non-hydrogen) atoms. The lowest BCUT2D eigenvalue weighted by molar-refractivity contribution is -0.387. The number of fused-ring (bicyclic) bond motifs is 1. The summed E-state index contributed by atoms with van der Waals surface area (Å²) in [4.78, 5) is 35.0. The van der Waals surface area contributed by atoms with Gasteiger partial charge in [0.2, 0.25) is 15.8 Å². The minimum absolute atomic E-state index is 0.0458. The minimum atomic E-state index is -3.93. The largest absolute Gasteiger partial charge is 0.456 e. The average Bonchev–Trinajstić information content (AvgIpc) is 2.89. The Morgan fingerprint density at radius 3 is 2.51 bits per heavy atom. The molecule has 0 bridgehead atoms. The van der Waals surface area contributed by atoms with Crippen LogP contribution in [0.3, 0.4) is 0 Å². The Bertz CT molecular complexity index is 1450. The van der Waals surface area contributed by atoms with Crippen molar-refractivity contribution in [1.29, 1.82) is 0 Å². The van der Waals surface area contributed by atoms with Gasteiger partial charge in [-0.15, -0.1) is 0 Å². The molecule has 10 nitrogen and oxygen atoms in total. The second kappa shape index (κ2) is 10.8. The van der Waals surface area contributed by atoms with Gasteiger partial charge in [-0.05, 0) is 41.8 Å². The van der Waals surface area contributed by atoms with Crippen molar-refractivity contribution < 1.29 is 32.1 Å². The van der Waals surface area contributed by atoms with Gasteiger partial charge in [-0.25, -0.2) is 8.42 Å². The molecule has 0 saturated heterocycles. The van der Waals surface area contributed by atoms with Crippen LogP contribution in [0.1, 0.15) is 23.6 Å². The summed E-state index contributed by atoms with van der Waals surface area (Å²) >= 11 is 0. The Hall–Kier alpha value is -4.16. The number of nitro benzene ring substituents is 1. The zero-order chi connectivity index (χ0) is 26.6. The quantitative estimate of drug-likeness (QED) is 0.269. The van der Waals surface area contributed by atoms with Crippen molar-refractivity contribution in [2.45, 2.75) is 23.8 Å². The second-order valence-electron chi connectivity index (χ2n) is 8.23. The third kappa shape index (κ3) is 5.81. The number of nitrogens with one attached hydrogen (secondary N) is 1. The molecule has 0 spiro atoms. The van der Waals surface area contributed by atoms with Crippen LogP contribution in [0.25, 0.3) is 0 Å². The lowest BCUT2D eigenvalue weighted by atomic mass is 9.92. The zero-order valence-corrected chi connectivity index (χ0v) is 20.2. The molecule has 1 amide bonds. The van der Waals surface area contributed by atoms with Crippen molar-refractivity contribution in [3.05, 3.63) is 99.9 Å². The summed E-state index contributed by atoms with van der Waals surface area (Å²) in [6, 6.07) is 17.1. The number of amides is 1. The molecule has 0 radical (unpaired) electrons. The van der Waals surface area contributed by atoms with Crippen LogP contribution in [0.5, 0.6) is 0 Å². The lowest BCUT2D eigenvalue weighted by Crippen LogP contribution is -2.41. The Morgan fingerprint density at radius 2 is 1.78 bits per heavy atom. The smallest absolute Gasteiger partial charge is 0.308 e. The zero-order valence-electron chi connectivity index (χ0n) is 19.4. The molecule has 4 rings (SSSR count). The predicted molar refractivity (Wildman–Crippen MR) is 130 cm³/mol. The van der Waals surface area contributed by atoms with Crippen molar-refractivity contribution in [3.63, 3.8) is 0 Å².